The molecule has 1 amide bonds. The molecule has 8 heteroatoms. The van der Waals surface area contributed by atoms with Crippen molar-refractivity contribution in [2.75, 3.05) is 19.7 Å². The van der Waals surface area contributed by atoms with Gasteiger partial charge in [0.2, 0.25) is 0 Å². The summed E-state index contributed by atoms with van der Waals surface area (Å²) in [5.74, 6) is -0.109. The highest BCUT2D eigenvalue weighted by Crippen LogP contribution is 2.30. The number of nitrogens with zero attached hydrogens (tertiary/aromatic N) is 3. The minimum absolute atomic E-state index is 0.109. The first-order valence-electron chi connectivity index (χ1n) is 9.82. The Balaban J connectivity index is 1.43. The van der Waals surface area contributed by atoms with Gasteiger partial charge in [0, 0.05) is 25.1 Å². The van der Waals surface area contributed by atoms with Crippen molar-refractivity contribution in [2.45, 2.75) is 18.7 Å². The number of halogens is 3. The molecule has 0 bridgehead atoms. The Bertz CT molecular complexity index is 1040. The van der Waals surface area contributed by atoms with E-state index in [1.54, 1.807) is 41.6 Å². The molecule has 1 aliphatic heterocycles. The van der Waals surface area contributed by atoms with Crippen LogP contribution in [0.5, 0.6) is 0 Å². The van der Waals surface area contributed by atoms with Crippen molar-refractivity contribution in [1.82, 2.24) is 14.9 Å². The summed E-state index contributed by atoms with van der Waals surface area (Å²) < 4.78 is 44.5. The number of carbonyl (C=O) groups is 1. The van der Waals surface area contributed by atoms with Crippen molar-refractivity contribution >= 4 is 5.91 Å². The van der Waals surface area contributed by atoms with E-state index in [9.17, 15) is 18.0 Å². The maximum Gasteiger partial charge on any atom is 0.416 e. The average Bonchev–Trinajstić information content (AvgIpc) is 2.79. The lowest BCUT2D eigenvalue weighted by atomic mass is 10.0. The van der Waals surface area contributed by atoms with Gasteiger partial charge in [-0.1, -0.05) is 24.3 Å². The lowest BCUT2D eigenvalue weighted by Crippen LogP contribution is -2.42. The van der Waals surface area contributed by atoms with Crippen molar-refractivity contribution in [2.24, 2.45) is 0 Å². The molecular formula is C23H20F3N3O2. The number of aromatic nitrogens is 2. The molecule has 31 heavy (non-hydrogen) atoms. The van der Waals surface area contributed by atoms with Gasteiger partial charge in [-0.2, -0.15) is 13.2 Å². The number of carbonyl (C=O) groups excluding carboxylic acids is 1. The highest BCUT2D eigenvalue weighted by molar-refractivity contribution is 5.93. The summed E-state index contributed by atoms with van der Waals surface area (Å²) in [6, 6.07) is 12.3. The molecule has 3 heterocycles. The van der Waals surface area contributed by atoms with Crippen LogP contribution in [0.4, 0.5) is 13.2 Å². The summed E-state index contributed by atoms with van der Waals surface area (Å²) in [4.78, 5) is 22.8. The molecule has 0 unspecified atom stereocenters. The number of hydrogen-bond donors (Lipinski definition) is 0. The molecule has 1 fully saturated rings. The zero-order valence-electron chi connectivity index (χ0n) is 16.5. The topological polar surface area (TPSA) is 55.3 Å². The molecule has 0 aliphatic carbocycles. The normalized spacial score (nSPS) is 16.9. The number of rotatable bonds is 4. The van der Waals surface area contributed by atoms with Crippen LogP contribution in [-0.2, 0) is 17.3 Å². The quantitative estimate of drug-likeness (QED) is 0.623. The van der Waals surface area contributed by atoms with Gasteiger partial charge in [0.1, 0.15) is 6.10 Å². The highest BCUT2D eigenvalue weighted by Gasteiger charge is 2.30. The monoisotopic (exact) mass is 427 g/mol. The number of alkyl halides is 3. The maximum absolute atomic E-state index is 12.9. The molecule has 1 atom stereocenters. The second-order valence-electron chi connectivity index (χ2n) is 7.32. The van der Waals surface area contributed by atoms with E-state index >= 15 is 0 Å². The van der Waals surface area contributed by atoms with Gasteiger partial charge in [-0.15, -0.1) is 0 Å². The summed E-state index contributed by atoms with van der Waals surface area (Å²) in [7, 11) is 0. The summed E-state index contributed by atoms with van der Waals surface area (Å²) in [6.45, 7) is 1.25. The summed E-state index contributed by atoms with van der Waals surface area (Å²) in [6.07, 6.45) is 0.402. The van der Waals surface area contributed by atoms with E-state index in [1.165, 1.54) is 12.3 Å². The van der Waals surface area contributed by atoms with E-state index < -0.39 is 11.7 Å². The van der Waals surface area contributed by atoms with Gasteiger partial charge >= 0.3 is 6.18 Å². The van der Waals surface area contributed by atoms with E-state index in [1.807, 2.05) is 6.07 Å². The Kier molecular flexibility index (Phi) is 5.99. The van der Waals surface area contributed by atoms with Gasteiger partial charge in [0.25, 0.3) is 5.91 Å². The summed E-state index contributed by atoms with van der Waals surface area (Å²) in [5, 5.41) is 0. The lowest BCUT2D eigenvalue weighted by Gasteiger charge is -2.32. The zero-order chi connectivity index (χ0) is 21.8. The fourth-order valence-electron chi connectivity index (χ4n) is 3.51. The molecular weight excluding hydrogens is 407 g/mol. The standard InChI is InChI=1S/C23H20F3N3O2/c24-23(25,26)19-5-1-3-16(12-19)11-17-6-7-20(28-13-17)21-15-29(9-10-31-21)22(30)18-4-2-8-27-14-18/h1-8,12-14,21H,9-11,15H2/t21-/m0/s1. The first-order valence-corrected chi connectivity index (χ1v) is 9.82. The van der Waals surface area contributed by atoms with Gasteiger partial charge in [-0.25, -0.2) is 0 Å². The first kappa shape index (κ1) is 21.0. The fourth-order valence-corrected chi connectivity index (χ4v) is 3.51. The fraction of sp³-hybridized carbons (Fsp3) is 0.261. The molecule has 5 nitrogen and oxygen atoms in total. The predicted octanol–water partition coefficient (Wildman–Crippen LogP) is 4.30. The molecule has 160 valence electrons. The van der Waals surface area contributed by atoms with Gasteiger partial charge in [0.15, 0.2) is 0 Å². The first-order chi connectivity index (χ1) is 14.9. The third-order valence-corrected chi connectivity index (χ3v) is 5.10. The smallest absolute Gasteiger partial charge is 0.368 e. The van der Waals surface area contributed by atoms with Crippen molar-refractivity contribution < 1.29 is 22.7 Å². The second-order valence-corrected chi connectivity index (χ2v) is 7.32. The van der Waals surface area contributed by atoms with E-state index in [-0.39, 0.29) is 12.0 Å². The minimum Gasteiger partial charge on any atom is -0.368 e. The van der Waals surface area contributed by atoms with Crippen LogP contribution < -0.4 is 0 Å². The van der Waals surface area contributed by atoms with Crippen LogP contribution in [0.2, 0.25) is 0 Å². The second kappa shape index (κ2) is 8.85. The Morgan fingerprint density at radius 1 is 1.10 bits per heavy atom. The molecule has 0 N–H and O–H groups in total. The number of benzene rings is 1. The molecule has 0 radical (unpaired) electrons. The molecule has 1 saturated heterocycles. The predicted molar refractivity (Wildman–Crippen MR) is 107 cm³/mol. The van der Waals surface area contributed by atoms with Crippen molar-refractivity contribution in [3.63, 3.8) is 0 Å². The van der Waals surface area contributed by atoms with Crippen LogP contribution in [0, 0.1) is 0 Å². The van der Waals surface area contributed by atoms with E-state index in [0.717, 1.165) is 17.7 Å². The van der Waals surface area contributed by atoms with Gasteiger partial charge in [-0.3, -0.25) is 14.8 Å². The number of morpholine rings is 1. The van der Waals surface area contributed by atoms with Crippen molar-refractivity contribution in [1.29, 1.82) is 0 Å². The average molecular weight is 427 g/mol. The van der Waals surface area contributed by atoms with Crippen molar-refractivity contribution in [3.05, 3.63) is 95.1 Å². The van der Waals surface area contributed by atoms with Gasteiger partial charge < -0.3 is 9.64 Å². The number of hydrogen-bond acceptors (Lipinski definition) is 4. The van der Waals surface area contributed by atoms with E-state index in [2.05, 4.69) is 9.97 Å². The zero-order valence-corrected chi connectivity index (χ0v) is 16.5. The van der Waals surface area contributed by atoms with Gasteiger partial charge in [-0.05, 0) is 41.8 Å². The van der Waals surface area contributed by atoms with Crippen LogP contribution in [-0.4, -0.2) is 40.5 Å². The van der Waals surface area contributed by atoms with Crippen LogP contribution in [0.15, 0.2) is 67.1 Å². The minimum atomic E-state index is -4.37. The van der Waals surface area contributed by atoms with Crippen LogP contribution in [0.25, 0.3) is 0 Å². The van der Waals surface area contributed by atoms with Gasteiger partial charge in [0.05, 0.1) is 30.0 Å². The molecule has 0 saturated carbocycles. The number of ether oxygens (including phenoxy) is 1. The molecule has 4 rings (SSSR count). The van der Waals surface area contributed by atoms with Crippen LogP contribution in [0.3, 0.4) is 0 Å². The third kappa shape index (κ3) is 5.08. The Morgan fingerprint density at radius 3 is 2.68 bits per heavy atom. The third-order valence-electron chi connectivity index (χ3n) is 5.10. The van der Waals surface area contributed by atoms with Crippen molar-refractivity contribution in [3.8, 4) is 0 Å². The molecule has 2 aromatic heterocycles. The van der Waals surface area contributed by atoms with E-state index in [4.69, 9.17) is 4.74 Å². The summed E-state index contributed by atoms with van der Waals surface area (Å²) >= 11 is 0. The highest BCUT2D eigenvalue weighted by atomic mass is 19.4. The Morgan fingerprint density at radius 2 is 1.97 bits per heavy atom. The summed E-state index contributed by atoms with van der Waals surface area (Å²) in [5.41, 5.74) is 1.89. The lowest BCUT2D eigenvalue weighted by molar-refractivity contribution is -0.137. The molecule has 0 spiro atoms. The Hall–Kier alpha value is -3.26. The maximum atomic E-state index is 12.9. The Labute approximate surface area is 177 Å². The van der Waals surface area contributed by atoms with E-state index in [0.29, 0.717) is 42.9 Å². The van der Waals surface area contributed by atoms with Crippen LogP contribution >= 0.6 is 0 Å². The largest absolute Gasteiger partial charge is 0.416 e. The molecule has 3 aromatic rings. The number of amides is 1. The van der Waals surface area contributed by atoms with Crippen LogP contribution in [0.1, 0.15) is 38.8 Å². The molecule has 1 aromatic carbocycles. The number of pyridine rings is 2. The SMILES string of the molecule is O=C(c1cccnc1)N1CCO[C@H](c2ccc(Cc3cccc(C(F)(F)F)c3)cn2)C1. The molecule has 1 aliphatic rings.